The lowest BCUT2D eigenvalue weighted by Gasteiger charge is -2.29. The summed E-state index contributed by atoms with van der Waals surface area (Å²) in [4.78, 5) is 4.39. The lowest BCUT2D eigenvalue weighted by molar-refractivity contribution is 0.0632. The first kappa shape index (κ1) is 14.5. The van der Waals surface area contributed by atoms with Crippen LogP contribution in [0.1, 0.15) is 29.9 Å². The molecule has 0 spiro atoms. The molecule has 1 aromatic carbocycles. The molecule has 0 bridgehead atoms. The van der Waals surface area contributed by atoms with E-state index in [1.165, 1.54) is 0 Å². The Morgan fingerprint density at radius 1 is 1.15 bits per heavy atom. The van der Waals surface area contributed by atoms with Crippen LogP contribution in [0, 0.1) is 0 Å². The van der Waals surface area contributed by atoms with Crippen LogP contribution in [0.2, 0.25) is 0 Å². The van der Waals surface area contributed by atoms with Gasteiger partial charge in [-0.05, 0) is 56.1 Å². The number of rotatable bonds is 1. The van der Waals surface area contributed by atoms with Crippen LogP contribution in [-0.4, -0.2) is 10.1 Å². The van der Waals surface area contributed by atoms with Crippen LogP contribution in [0.25, 0.3) is 0 Å². The zero-order chi connectivity index (χ0) is 14.3. The lowest BCUT2D eigenvalue weighted by Crippen LogP contribution is -2.20. The van der Waals surface area contributed by atoms with Gasteiger partial charge in [0.05, 0.1) is 11.8 Å². The molecule has 0 radical (unpaired) electrons. The maximum atomic E-state index is 10.3. The van der Waals surface area contributed by atoms with Gasteiger partial charge in [-0.1, -0.05) is 15.9 Å². The smallest absolute Gasteiger partial charge is 0.144 e. The van der Waals surface area contributed by atoms with Crippen molar-refractivity contribution in [1.82, 2.24) is 4.98 Å². The minimum absolute atomic E-state index is 0.263. The summed E-state index contributed by atoms with van der Waals surface area (Å²) in [5.74, 6) is 0.702. The van der Waals surface area contributed by atoms with Gasteiger partial charge in [-0.15, -0.1) is 0 Å². The van der Waals surface area contributed by atoms with E-state index < -0.39 is 6.10 Å². The number of nitrogens with zero attached hydrogens (tertiary/aromatic N) is 1. The first-order valence-corrected chi connectivity index (χ1v) is 8.37. The molecule has 2 heterocycles. The highest BCUT2D eigenvalue weighted by Crippen LogP contribution is 2.42. The van der Waals surface area contributed by atoms with E-state index in [1.54, 1.807) is 6.20 Å². The quantitative estimate of drug-likeness (QED) is 0.652. The van der Waals surface area contributed by atoms with Crippen molar-refractivity contribution in [3.8, 4) is 5.75 Å². The molecule has 104 valence electrons. The molecule has 6 heteroatoms. The highest BCUT2D eigenvalue weighted by molar-refractivity contribution is 9.11. The molecule has 20 heavy (non-hydrogen) atoms. The van der Waals surface area contributed by atoms with Crippen molar-refractivity contribution in [2.45, 2.75) is 18.6 Å². The van der Waals surface area contributed by atoms with Crippen molar-refractivity contribution >= 4 is 47.8 Å². The topological polar surface area (TPSA) is 42.4 Å². The zero-order valence-electron chi connectivity index (χ0n) is 10.2. The molecule has 0 saturated heterocycles. The summed E-state index contributed by atoms with van der Waals surface area (Å²) in [6, 6.07) is 7.58. The number of aromatic nitrogens is 1. The Labute approximate surface area is 141 Å². The van der Waals surface area contributed by atoms with E-state index in [4.69, 9.17) is 4.74 Å². The van der Waals surface area contributed by atoms with Crippen LogP contribution in [-0.2, 0) is 0 Å². The summed E-state index contributed by atoms with van der Waals surface area (Å²) >= 11 is 10.3. The number of fused-ring (bicyclic) bond motifs is 1. The van der Waals surface area contributed by atoms with Crippen LogP contribution >= 0.6 is 47.8 Å². The van der Waals surface area contributed by atoms with Gasteiger partial charge in [0.25, 0.3) is 0 Å². The van der Waals surface area contributed by atoms with Crippen LogP contribution in [0.5, 0.6) is 5.75 Å². The predicted molar refractivity (Wildman–Crippen MR) is 86.7 cm³/mol. The Balaban J connectivity index is 1.97. The van der Waals surface area contributed by atoms with E-state index in [0.29, 0.717) is 12.2 Å². The Morgan fingerprint density at radius 3 is 2.70 bits per heavy atom. The number of halogens is 3. The van der Waals surface area contributed by atoms with Crippen LogP contribution in [0.15, 0.2) is 43.9 Å². The summed E-state index contributed by atoms with van der Waals surface area (Å²) in [6.07, 6.45) is 1.39. The summed E-state index contributed by atoms with van der Waals surface area (Å²) < 4.78 is 8.67. The molecule has 0 aliphatic carbocycles. The van der Waals surface area contributed by atoms with E-state index in [1.807, 2.05) is 24.3 Å². The third-order valence-electron chi connectivity index (χ3n) is 3.18. The Kier molecular flexibility index (Phi) is 4.17. The van der Waals surface area contributed by atoms with Gasteiger partial charge in [-0.25, -0.2) is 0 Å². The van der Waals surface area contributed by atoms with Crippen LogP contribution in [0.3, 0.4) is 0 Å². The number of aliphatic hydroxyl groups excluding tert-OH is 1. The molecule has 2 aromatic rings. The zero-order valence-corrected chi connectivity index (χ0v) is 14.9. The lowest BCUT2D eigenvalue weighted by atomic mass is 9.97. The maximum absolute atomic E-state index is 10.3. The van der Waals surface area contributed by atoms with Gasteiger partial charge in [-0.3, -0.25) is 4.98 Å². The van der Waals surface area contributed by atoms with Gasteiger partial charge < -0.3 is 9.84 Å². The highest BCUT2D eigenvalue weighted by atomic mass is 79.9. The summed E-state index contributed by atoms with van der Waals surface area (Å²) in [5, 5.41) is 10.3. The highest BCUT2D eigenvalue weighted by Gasteiger charge is 2.30. The Morgan fingerprint density at radius 2 is 1.95 bits per heavy atom. The normalized spacial score (nSPS) is 21.2. The molecular formula is C14H10Br3NO2. The molecule has 3 rings (SSSR count). The Hall–Kier alpha value is -0.430. The number of benzene rings is 1. The average Bonchev–Trinajstić information content (AvgIpc) is 2.39. The maximum Gasteiger partial charge on any atom is 0.144 e. The van der Waals surface area contributed by atoms with Gasteiger partial charge in [0, 0.05) is 31.6 Å². The van der Waals surface area contributed by atoms with Crippen molar-refractivity contribution < 1.29 is 9.84 Å². The minimum atomic E-state index is -0.557. The van der Waals surface area contributed by atoms with E-state index in [0.717, 1.165) is 24.7 Å². The molecule has 1 unspecified atom stereocenters. The molecule has 1 aromatic heterocycles. The molecular weight excluding hydrogens is 454 g/mol. The molecule has 0 fully saturated rings. The fourth-order valence-electron chi connectivity index (χ4n) is 2.25. The SMILES string of the molecule is O[C@@H]1CC(c2ncc(Br)cc2Br)Oc2ccc(Br)cc21. The molecule has 2 atom stereocenters. The van der Waals surface area contributed by atoms with Crippen molar-refractivity contribution in [1.29, 1.82) is 0 Å². The van der Waals surface area contributed by atoms with Gasteiger partial charge in [-0.2, -0.15) is 0 Å². The van der Waals surface area contributed by atoms with Gasteiger partial charge >= 0.3 is 0 Å². The first-order chi connectivity index (χ1) is 9.54. The fourth-order valence-corrected chi connectivity index (χ4v) is 3.87. The predicted octanol–water partition coefficient (Wildman–Crippen LogP) is 4.93. The van der Waals surface area contributed by atoms with Crippen LogP contribution in [0.4, 0.5) is 0 Å². The fraction of sp³-hybridized carbons (Fsp3) is 0.214. The second kappa shape index (κ2) is 5.75. The first-order valence-electron chi connectivity index (χ1n) is 5.99. The number of pyridine rings is 1. The van der Waals surface area contributed by atoms with Gasteiger partial charge in [0.1, 0.15) is 11.9 Å². The van der Waals surface area contributed by atoms with E-state index >= 15 is 0 Å². The van der Waals surface area contributed by atoms with Gasteiger partial charge in [0.2, 0.25) is 0 Å². The van der Waals surface area contributed by atoms with E-state index in [-0.39, 0.29) is 6.10 Å². The molecule has 1 aliphatic rings. The second-order valence-electron chi connectivity index (χ2n) is 4.56. The molecule has 0 amide bonds. The summed E-state index contributed by atoms with van der Waals surface area (Å²) in [7, 11) is 0. The van der Waals surface area contributed by atoms with Crippen molar-refractivity contribution in [3.63, 3.8) is 0 Å². The monoisotopic (exact) mass is 461 g/mol. The number of ether oxygens (including phenoxy) is 1. The van der Waals surface area contributed by atoms with Crippen molar-refractivity contribution in [2.24, 2.45) is 0 Å². The molecule has 3 nitrogen and oxygen atoms in total. The third kappa shape index (κ3) is 2.79. The molecule has 0 saturated carbocycles. The summed E-state index contributed by atoms with van der Waals surface area (Å²) in [6.45, 7) is 0. The largest absolute Gasteiger partial charge is 0.484 e. The molecule has 1 N–H and O–H groups in total. The summed E-state index contributed by atoms with van der Waals surface area (Å²) in [5.41, 5.74) is 1.60. The third-order valence-corrected chi connectivity index (χ3v) is 4.74. The van der Waals surface area contributed by atoms with E-state index in [2.05, 4.69) is 52.8 Å². The number of hydrogen-bond acceptors (Lipinski definition) is 3. The number of hydrogen-bond donors (Lipinski definition) is 1. The second-order valence-corrected chi connectivity index (χ2v) is 7.25. The average molecular weight is 464 g/mol. The standard InChI is InChI=1S/C14H10Br3NO2/c15-7-1-2-12-9(3-7)11(19)5-13(20-12)14-10(17)4-8(16)6-18-14/h1-4,6,11,13,19H,5H2/t11-,13?/m1/s1. The minimum Gasteiger partial charge on any atom is -0.484 e. The van der Waals surface area contributed by atoms with Crippen molar-refractivity contribution in [3.05, 3.63) is 55.1 Å². The van der Waals surface area contributed by atoms with Gasteiger partial charge in [0.15, 0.2) is 0 Å². The Bertz CT molecular complexity index is 663. The number of aliphatic hydroxyl groups is 1. The molecule has 1 aliphatic heterocycles. The van der Waals surface area contributed by atoms with Crippen LogP contribution < -0.4 is 4.74 Å². The van der Waals surface area contributed by atoms with E-state index in [9.17, 15) is 5.11 Å². The van der Waals surface area contributed by atoms with Crippen molar-refractivity contribution in [2.75, 3.05) is 0 Å².